The SMILES string of the molecule is C[C@H](O)c1nc2ccc(Cc3ccc4nc([C@@H](C)O)[nH]c4c3)cc2[nH]1. The molecule has 25 heavy (non-hydrogen) atoms. The number of benzene rings is 2. The van der Waals surface area contributed by atoms with Crippen molar-refractivity contribution in [2.45, 2.75) is 32.5 Å². The van der Waals surface area contributed by atoms with Crippen molar-refractivity contribution in [3.8, 4) is 0 Å². The molecule has 0 amide bonds. The number of nitrogens with one attached hydrogen (secondary N) is 2. The predicted octanol–water partition coefficient (Wildman–Crippen LogP) is 3.14. The summed E-state index contributed by atoms with van der Waals surface area (Å²) < 4.78 is 0. The summed E-state index contributed by atoms with van der Waals surface area (Å²) in [6, 6.07) is 12.2. The molecule has 0 bridgehead atoms. The topological polar surface area (TPSA) is 97.8 Å². The average molecular weight is 336 g/mol. The van der Waals surface area contributed by atoms with Gasteiger partial charge >= 0.3 is 0 Å². The predicted molar refractivity (Wildman–Crippen MR) is 96.3 cm³/mol. The highest BCUT2D eigenvalue weighted by molar-refractivity contribution is 5.77. The van der Waals surface area contributed by atoms with Crippen LogP contribution in [0.15, 0.2) is 36.4 Å². The van der Waals surface area contributed by atoms with Crippen LogP contribution in [0.3, 0.4) is 0 Å². The van der Waals surface area contributed by atoms with E-state index < -0.39 is 12.2 Å². The maximum absolute atomic E-state index is 9.65. The van der Waals surface area contributed by atoms with Crippen molar-refractivity contribution in [1.29, 1.82) is 0 Å². The fraction of sp³-hybridized carbons (Fsp3) is 0.263. The number of rotatable bonds is 4. The van der Waals surface area contributed by atoms with E-state index in [0.29, 0.717) is 11.6 Å². The second-order valence-corrected chi connectivity index (χ2v) is 6.48. The highest BCUT2D eigenvalue weighted by Crippen LogP contribution is 2.22. The quantitative estimate of drug-likeness (QED) is 0.460. The van der Waals surface area contributed by atoms with Crippen molar-refractivity contribution < 1.29 is 10.2 Å². The molecule has 0 aliphatic rings. The molecule has 0 fully saturated rings. The van der Waals surface area contributed by atoms with Crippen LogP contribution in [-0.4, -0.2) is 30.1 Å². The Kier molecular flexibility index (Phi) is 3.78. The van der Waals surface area contributed by atoms with Crippen LogP contribution in [0.25, 0.3) is 22.1 Å². The molecule has 4 aromatic rings. The zero-order chi connectivity index (χ0) is 17.6. The molecular formula is C19H20N4O2. The first-order valence-electron chi connectivity index (χ1n) is 8.33. The van der Waals surface area contributed by atoms with Gasteiger partial charge in [-0.1, -0.05) is 12.1 Å². The number of nitrogens with zero attached hydrogens (tertiary/aromatic N) is 2. The summed E-state index contributed by atoms with van der Waals surface area (Å²) in [7, 11) is 0. The monoisotopic (exact) mass is 336 g/mol. The van der Waals surface area contributed by atoms with Crippen LogP contribution in [0.4, 0.5) is 0 Å². The van der Waals surface area contributed by atoms with E-state index >= 15 is 0 Å². The molecule has 128 valence electrons. The van der Waals surface area contributed by atoms with Crippen LogP contribution in [0.5, 0.6) is 0 Å². The Morgan fingerprint density at radius 1 is 0.800 bits per heavy atom. The third kappa shape index (κ3) is 3.01. The number of aliphatic hydroxyl groups is 2. The molecule has 2 aromatic carbocycles. The van der Waals surface area contributed by atoms with E-state index in [2.05, 4.69) is 32.1 Å². The van der Waals surface area contributed by atoms with E-state index in [1.54, 1.807) is 13.8 Å². The van der Waals surface area contributed by atoms with Gasteiger partial charge in [0.2, 0.25) is 0 Å². The third-order valence-electron chi connectivity index (χ3n) is 4.33. The second kappa shape index (κ2) is 5.98. The standard InChI is InChI=1S/C19H20N4O2/c1-10(24)18-20-14-5-3-12(8-16(14)22-18)7-13-4-6-15-17(9-13)23-19(21-15)11(2)25/h3-6,8-11,24-25H,7H2,1-2H3,(H,20,22)(H,21,23)/t10-,11+. The first-order valence-corrected chi connectivity index (χ1v) is 8.33. The lowest BCUT2D eigenvalue weighted by atomic mass is 10.0. The van der Waals surface area contributed by atoms with Gasteiger partial charge in [-0.3, -0.25) is 0 Å². The summed E-state index contributed by atoms with van der Waals surface area (Å²) in [4.78, 5) is 15.1. The Balaban J connectivity index is 1.64. The minimum atomic E-state index is -0.609. The van der Waals surface area contributed by atoms with Gasteiger partial charge in [-0.15, -0.1) is 0 Å². The molecule has 2 atom stereocenters. The summed E-state index contributed by atoms with van der Waals surface area (Å²) in [5, 5.41) is 19.3. The van der Waals surface area contributed by atoms with Gasteiger partial charge in [-0.05, 0) is 55.7 Å². The number of hydrogen-bond acceptors (Lipinski definition) is 4. The van der Waals surface area contributed by atoms with E-state index in [1.165, 1.54) is 0 Å². The average Bonchev–Trinajstić information content (AvgIpc) is 3.17. The van der Waals surface area contributed by atoms with Gasteiger partial charge in [-0.2, -0.15) is 0 Å². The molecule has 0 unspecified atom stereocenters. The van der Waals surface area contributed by atoms with Crippen LogP contribution in [0.2, 0.25) is 0 Å². The summed E-state index contributed by atoms with van der Waals surface area (Å²) in [6.07, 6.45) is -0.443. The lowest BCUT2D eigenvalue weighted by Crippen LogP contribution is -1.92. The molecule has 6 heteroatoms. The normalized spacial score (nSPS) is 14.2. The molecule has 4 N–H and O–H groups in total. The van der Waals surface area contributed by atoms with Crippen LogP contribution in [-0.2, 0) is 6.42 Å². The number of fused-ring (bicyclic) bond motifs is 2. The number of aromatic nitrogens is 4. The van der Waals surface area contributed by atoms with Crippen LogP contribution in [0, 0.1) is 0 Å². The fourth-order valence-electron chi connectivity index (χ4n) is 3.00. The zero-order valence-electron chi connectivity index (χ0n) is 14.1. The first kappa shape index (κ1) is 15.8. The van der Waals surface area contributed by atoms with Gasteiger partial charge in [0.15, 0.2) is 0 Å². The largest absolute Gasteiger partial charge is 0.385 e. The van der Waals surface area contributed by atoms with Gasteiger partial charge in [-0.25, -0.2) is 9.97 Å². The van der Waals surface area contributed by atoms with Crippen molar-refractivity contribution in [3.63, 3.8) is 0 Å². The van der Waals surface area contributed by atoms with Gasteiger partial charge in [0.05, 0.1) is 22.1 Å². The summed E-state index contributed by atoms with van der Waals surface area (Å²) in [6.45, 7) is 3.39. The highest BCUT2D eigenvalue weighted by Gasteiger charge is 2.10. The molecule has 0 aliphatic carbocycles. The molecular weight excluding hydrogens is 316 g/mol. The molecule has 4 rings (SSSR count). The first-order chi connectivity index (χ1) is 12.0. The van der Waals surface area contributed by atoms with Crippen molar-refractivity contribution in [2.75, 3.05) is 0 Å². The molecule has 0 aliphatic heterocycles. The number of aliphatic hydroxyl groups excluding tert-OH is 2. The van der Waals surface area contributed by atoms with Crippen LogP contribution < -0.4 is 0 Å². The summed E-state index contributed by atoms with van der Waals surface area (Å²) >= 11 is 0. The number of imidazole rings is 2. The molecule has 6 nitrogen and oxygen atoms in total. The Morgan fingerprint density at radius 2 is 1.24 bits per heavy atom. The van der Waals surface area contributed by atoms with Crippen LogP contribution >= 0.6 is 0 Å². The molecule has 2 heterocycles. The van der Waals surface area contributed by atoms with E-state index in [-0.39, 0.29) is 0 Å². The van der Waals surface area contributed by atoms with E-state index in [0.717, 1.165) is 39.6 Å². The lowest BCUT2D eigenvalue weighted by Gasteiger charge is -2.02. The summed E-state index contributed by atoms with van der Waals surface area (Å²) in [5.74, 6) is 1.16. The van der Waals surface area contributed by atoms with Crippen molar-refractivity contribution >= 4 is 22.1 Å². The minimum absolute atomic E-state index is 0.580. The van der Waals surface area contributed by atoms with Crippen molar-refractivity contribution in [3.05, 3.63) is 59.2 Å². The Labute approximate surface area is 144 Å². The Hall–Kier alpha value is -2.70. The smallest absolute Gasteiger partial charge is 0.135 e. The maximum atomic E-state index is 9.65. The van der Waals surface area contributed by atoms with Crippen LogP contribution in [0.1, 0.15) is 48.8 Å². The summed E-state index contributed by atoms with van der Waals surface area (Å²) in [5.41, 5.74) is 5.86. The number of aromatic amines is 2. The molecule has 0 spiro atoms. The Morgan fingerprint density at radius 3 is 1.64 bits per heavy atom. The third-order valence-corrected chi connectivity index (χ3v) is 4.33. The number of hydrogen-bond donors (Lipinski definition) is 4. The van der Waals surface area contributed by atoms with E-state index in [9.17, 15) is 10.2 Å². The van der Waals surface area contributed by atoms with Gasteiger partial charge < -0.3 is 20.2 Å². The fourth-order valence-corrected chi connectivity index (χ4v) is 3.00. The maximum Gasteiger partial charge on any atom is 0.135 e. The highest BCUT2D eigenvalue weighted by atomic mass is 16.3. The number of H-pyrrole nitrogens is 2. The minimum Gasteiger partial charge on any atom is -0.385 e. The molecule has 0 saturated carbocycles. The van der Waals surface area contributed by atoms with E-state index in [1.807, 2.05) is 24.3 Å². The van der Waals surface area contributed by atoms with E-state index in [4.69, 9.17) is 0 Å². The molecule has 0 saturated heterocycles. The molecule has 2 aromatic heterocycles. The lowest BCUT2D eigenvalue weighted by molar-refractivity contribution is 0.190. The second-order valence-electron chi connectivity index (χ2n) is 6.48. The van der Waals surface area contributed by atoms with Crippen molar-refractivity contribution in [2.24, 2.45) is 0 Å². The van der Waals surface area contributed by atoms with Gasteiger partial charge in [0.1, 0.15) is 23.9 Å². The zero-order valence-corrected chi connectivity index (χ0v) is 14.1. The van der Waals surface area contributed by atoms with Crippen molar-refractivity contribution in [1.82, 2.24) is 19.9 Å². The van der Waals surface area contributed by atoms with Gasteiger partial charge in [0, 0.05) is 0 Å². The van der Waals surface area contributed by atoms with Gasteiger partial charge in [0.25, 0.3) is 0 Å². The molecule has 0 radical (unpaired) electrons. The Bertz CT molecular complexity index is 962.